The quantitative estimate of drug-likeness (QED) is 0.588. The molecule has 0 aliphatic heterocycles. The van der Waals surface area contributed by atoms with Gasteiger partial charge in [-0.05, 0) is 12.1 Å². The fourth-order valence-corrected chi connectivity index (χ4v) is 8.22. The molecule has 0 aliphatic carbocycles. The summed E-state index contributed by atoms with van der Waals surface area (Å²) >= 11 is 0. The molecule has 1 aromatic rings. The Labute approximate surface area is 170 Å². The second-order valence-corrected chi connectivity index (χ2v) is 12.6. The fraction of sp³-hybridized carbons (Fsp3) is 0.500. The van der Waals surface area contributed by atoms with E-state index in [0.29, 0.717) is 0 Å². The number of sulfone groups is 3. The molecular weight excluding hydrogens is 521 g/mol. The number of alkyl halides is 9. The molecule has 1 aromatic carbocycles. The summed E-state index contributed by atoms with van der Waals surface area (Å²) in [7, 11) is -19.6. The molecule has 182 valence electrons. The van der Waals surface area contributed by atoms with Gasteiger partial charge < -0.3 is 4.90 Å². The highest BCUT2D eigenvalue weighted by molar-refractivity contribution is 8.24. The minimum absolute atomic E-state index is 1.33. The third kappa shape index (κ3) is 6.45. The van der Waals surface area contributed by atoms with E-state index in [1.54, 1.807) is 0 Å². The average Bonchev–Trinajstić information content (AvgIpc) is 2.52. The van der Waals surface area contributed by atoms with Gasteiger partial charge in [-0.25, -0.2) is 25.3 Å². The van der Waals surface area contributed by atoms with E-state index in [1.165, 1.54) is 10.6 Å². The van der Waals surface area contributed by atoms with E-state index >= 15 is 0 Å². The van der Waals surface area contributed by atoms with Gasteiger partial charge in [0.05, 0.1) is 14.1 Å². The molecule has 0 spiro atoms. The molecule has 0 amide bonds. The van der Waals surface area contributed by atoms with E-state index in [2.05, 4.69) is 38.4 Å². The summed E-state index contributed by atoms with van der Waals surface area (Å²) in [5, 5.41) is 0. The number of rotatable bonds is 4. The van der Waals surface area contributed by atoms with E-state index in [1.807, 2.05) is 6.07 Å². The van der Waals surface area contributed by atoms with E-state index < -0.39 is 50.0 Å². The molecule has 0 saturated heterocycles. The predicted molar refractivity (Wildman–Crippen MR) is 87.6 cm³/mol. The van der Waals surface area contributed by atoms with E-state index in [9.17, 15) is 64.8 Å². The highest BCUT2D eigenvalue weighted by atomic mass is 32.3. The Hall–Kier alpha value is -1.60. The van der Waals surface area contributed by atoms with E-state index in [4.69, 9.17) is 0 Å². The van der Waals surface area contributed by atoms with Crippen LogP contribution in [0.25, 0.3) is 0 Å². The molecule has 0 radical (unpaired) electrons. The van der Waals surface area contributed by atoms with Gasteiger partial charge in [0.25, 0.3) is 33.4 Å². The van der Waals surface area contributed by atoms with Crippen LogP contribution in [0, 0.1) is 0 Å². The molecule has 0 aromatic heterocycles. The molecule has 7 nitrogen and oxygen atoms in total. The summed E-state index contributed by atoms with van der Waals surface area (Å²) < 4.78 is 167. The van der Waals surface area contributed by atoms with Gasteiger partial charge in [0, 0.05) is 0 Å². The van der Waals surface area contributed by atoms with Crippen LogP contribution in [0.5, 0.6) is 0 Å². The highest BCUT2D eigenvalue weighted by Gasteiger charge is 2.73. The van der Waals surface area contributed by atoms with Crippen molar-refractivity contribution in [3.63, 3.8) is 0 Å². The van der Waals surface area contributed by atoms with Crippen molar-refractivity contribution in [2.75, 3.05) is 14.1 Å². The number of benzene rings is 1. The van der Waals surface area contributed by atoms with Crippen molar-refractivity contribution in [1.82, 2.24) is 0 Å². The zero-order chi connectivity index (χ0) is 25.3. The SMILES string of the molecule is C[NH+](C)c1ccccc1.O=S(=O)(C(S(=O)(=O)C(F)(F)F)S(=O)(=O)C(F)(F)F)C(F)(F)F. The lowest BCUT2D eigenvalue weighted by atomic mass is 10.3. The van der Waals surface area contributed by atoms with Gasteiger partial charge >= 0.3 is 16.5 Å². The summed E-state index contributed by atoms with van der Waals surface area (Å²) in [6.07, 6.45) is 0. The van der Waals surface area contributed by atoms with Gasteiger partial charge in [0.1, 0.15) is 5.69 Å². The van der Waals surface area contributed by atoms with Gasteiger partial charge in [0.15, 0.2) is 0 Å². The molecule has 0 fully saturated rings. The van der Waals surface area contributed by atoms with Crippen LogP contribution in [-0.2, 0) is 29.5 Å². The number of para-hydroxylation sites is 1. The zero-order valence-corrected chi connectivity index (χ0v) is 17.5. The fourth-order valence-electron chi connectivity index (χ4n) is 1.60. The number of hydrogen-bond acceptors (Lipinski definition) is 6. The monoisotopic (exact) mass is 534 g/mol. The van der Waals surface area contributed by atoms with Crippen LogP contribution in [0.4, 0.5) is 45.2 Å². The van der Waals surface area contributed by atoms with Crippen molar-refractivity contribution in [1.29, 1.82) is 0 Å². The van der Waals surface area contributed by atoms with Crippen LogP contribution in [0.1, 0.15) is 0 Å². The third-order valence-electron chi connectivity index (χ3n) is 3.08. The minimum atomic E-state index is -7.94. The zero-order valence-electron chi connectivity index (χ0n) is 15.0. The first-order valence-corrected chi connectivity index (χ1v) is 11.8. The van der Waals surface area contributed by atoms with Crippen LogP contribution in [0.3, 0.4) is 0 Å². The number of nitrogens with one attached hydrogen (secondary N) is 1. The van der Waals surface area contributed by atoms with Crippen molar-refractivity contribution >= 4 is 35.2 Å². The van der Waals surface area contributed by atoms with Crippen LogP contribution in [-0.4, -0.2) is 59.8 Å². The number of hydrogen-bond donors (Lipinski definition) is 1. The van der Waals surface area contributed by atoms with Crippen molar-refractivity contribution in [3.05, 3.63) is 30.3 Å². The topological polar surface area (TPSA) is 107 Å². The maximum atomic E-state index is 12.1. The van der Waals surface area contributed by atoms with Gasteiger partial charge in [-0.15, -0.1) is 0 Å². The first kappa shape index (κ1) is 29.4. The molecule has 0 atom stereocenters. The Morgan fingerprint density at radius 1 is 0.613 bits per heavy atom. The summed E-state index contributed by atoms with van der Waals surface area (Å²) in [6, 6.07) is 10.4. The normalized spacial score (nSPS) is 14.4. The Bertz CT molecular complexity index is 953. The molecular formula is C12H13F9NO6S3+. The minimum Gasteiger partial charge on any atom is -0.307 e. The molecule has 0 bridgehead atoms. The van der Waals surface area contributed by atoms with E-state index in [0.717, 1.165) is 0 Å². The summed E-state index contributed by atoms with van der Waals surface area (Å²) in [5.74, 6) is 0. The lowest BCUT2D eigenvalue weighted by Crippen LogP contribution is -3.00. The highest BCUT2D eigenvalue weighted by Crippen LogP contribution is 2.42. The summed E-state index contributed by atoms with van der Waals surface area (Å²) in [5.41, 5.74) is -19.7. The average molecular weight is 534 g/mol. The smallest absolute Gasteiger partial charge is 0.307 e. The summed E-state index contributed by atoms with van der Waals surface area (Å²) in [4.78, 5) is 1.37. The number of quaternary nitrogens is 1. The Morgan fingerprint density at radius 3 is 1.03 bits per heavy atom. The van der Waals surface area contributed by atoms with E-state index in [-0.39, 0.29) is 0 Å². The van der Waals surface area contributed by atoms with Gasteiger partial charge in [-0.3, -0.25) is 0 Å². The molecule has 1 N–H and O–H groups in total. The predicted octanol–water partition coefficient (Wildman–Crippen LogP) is 1.54. The van der Waals surface area contributed by atoms with Crippen molar-refractivity contribution in [3.8, 4) is 0 Å². The van der Waals surface area contributed by atoms with Gasteiger partial charge in [-0.1, -0.05) is 18.2 Å². The first-order chi connectivity index (χ1) is 13.4. The Morgan fingerprint density at radius 2 is 0.871 bits per heavy atom. The first-order valence-electron chi connectivity index (χ1n) is 7.18. The lowest BCUT2D eigenvalue weighted by molar-refractivity contribution is -0.786. The molecule has 0 aliphatic rings. The van der Waals surface area contributed by atoms with Crippen molar-refractivity contribution in [2.24, 2.45) is 0 Å². The van der Waals surface area contributed by atoms with Crippen LogP contribution >= 0.6 is 0 Å². The largest absolute Gasteiger partial charge is 0.499 e. The summed E-state index contributed by atoms with van der Waals surface area (Å²) in [6.45, 7) is 0. The van der Waals surface area contributed by atoms with Crippen LogP contribution in [0.15, 0.2) is 30.3 Å². The second-order valence-electron chi connectivity index (χ2n) is 5.63. The molecule has 0 unspecified atom stereocenters. The molecule has 0 heterocycles. The Kier molecular flexibility index (Phi) is 8.63. The lowest BCUT2D eigenvalue weighted by Gasteiger charge is -2.21. The third-order valence-corrected chi connectivity index (χ3v) is 11.1. The van der Waals surface area contributed by atoms with Gasteiger partial charge in [-0.2, -0.15) is 39.5 Å². The van der Waals surface area contributed by atoms with Crippen molar-refractivity contribution < 1.29 is 69.7 Å². The standard InChI is InChI=1S/C8H11N.C4HF9O6S3/c1-9(2)8-6-4-3-5-7-8;5-2(6,7)20(14,15)1(21(16,17)3(8,9)10)22(18,19)4(11,12)13/h3-7H,1-2H3;1H/p+1. The maximum absolute atomic E-state index is 12.1. The molecule has 31 heavy (non-hydrogen) atoms. The second kappa shape index (κ2) is 9.10. The molecule has 19 heteroatoms. The number of halogens is 9. The molecule has 1 rings (SSSR count). The van der Waals surface area contributed by atoms with Crippen LogP contribution in [0.2, 0.25) is 0 Å². The van der Waals surface area contributed by atoms with Crippen molar-refractivity contribution in [2.45, 2.75) is 20.4 Å². The molecule has 0 saturated carbocycles. The van der Waals surface area contributed by atoms with Crippen LogP contribution < -0.4 is 4.90 Å². The maximum Gasteiger partial charge on any atom is 0.499 e. The van der Waals surface area contributed by atoms with Gasteiger partial charge in [0.2, 0.25) is 0 Å². The Balaban J connectivity index is 0.000000823.